The number of nitrogens with zero attached hydrogens (tertiary/aromatic N) is 1. The highest BCUT2D eigenvalue weighted by Gasteiger charge is 2.53. The number of rotatable bonds is 3. The van der Waals surface area contributed by atoms with E-state index in [0.29, 0.717) is 24.0 Å². The van der Waals surface area contributed by atoms with Crippen molar-refractivity contribution in [2.45, 2.75) is 19.3 Å². The lowest BCUT2D eigenvalue weighted by Gasteiger charge is -2.49. The summed E-state index contributed by atoms with van der Waals surface area (Å²) in [6.07, 6.45) is 0. The van der Waals surface area contributed by atoms with Crippen molar-refractivity contribution >= 4 is 11.6 Å². The summed E-state index contributed by atoms with van der Waals surface area (Å²) in [6.45, 7) is 4.91. The highest BCUT2D eigenvalue weighted by atomic mass is 35.5. The van der Waals surface area contributed by atoms with E-state index in [-0.39, 0.29) is 5.41 Å². The van der Waals surface area contributed by atoms with Crippen LogP contribution in [0.5, 0.6) is 5.75 Å². The molecule has 0 radical (unpaired) electrons. The Morgan fingerprint density at radius 3 is 2.50 bits per heavy atom. The highest BCUT2D eigenvalue weighted by molar-refractivity contribution is 6.31. The Bertz CT molecular complexity index is 501. The Kier molecular flexibility index (Phi) is 3.27. The van der Waals surface area contributed by atoms with Crippen LogP contribution in [-0.4, -0.2) is 20.3 Å². The van der Waals surface area contributed by atoms with E-state index in [2.05, 4.69) is 6.07 Å². The molecule has 1 fully saturated rings. The van der Waals surface area contributed by atoms with Gasteiger partial charge in [-0.3, -0.25) is 0 Å². The minimum Gasteiger partial charge on any atom is -0.497 e. The first kappa shape index (κ1) is 13.2. The van der Waals surface area contributed by atoms with Gasteiger partial charge in [0.2, 0.25) is 0 Å². The van der Waals surface area contributed by atoms with Crippen LogP contribution in [0.1, 0.15) is 19.4 Å². The van der Waals surface area contributed by atoms with Gasteiger partial charge in [0.1, 0.15) is 5.75 Å². The molecule has 1 saturated heterocycles. The molecule has 3 nitrogen and oxygen atoms in total. The second-order valence-corrected chi connectivity index (χ2v) is 5.56. The molecule has 0 N–H and O–H groups in total. The molecule has 0 amide bonds. The fourth-order valence-electron chi connectivity index (χ4n) is 2.28. The first-order valence-corrected chi connectivity index (χ1v) is 6.18. The van der Waals surface area contributed by atoms with Crippen molar-refractivity contribution in [1.82, 2.24) is 0 Å². The second-order valence-electron chi connectivity index (χ2n) is 5.16. The van der Waals surface area contributed by atoms with E-state index in [0.717, 1.165) is 5.56 Å². The van der Waals surface area contributed by atoms with Gasteiger partial charge >= 0.3 is 0 Å². The SMILES string of the molecule is COc1ccc(C2(C(C)(C)C#N)COC2)c(Cl)c1. The Balaban J connectivity index is 2.50. The van der Waals surface area contributed by atoms with Gasteiger partial charge in [-0.1, -0.05) is 17.7 Å². The van der Waals surface area contributed by atoms with Crippen molar-refractivity contribution < 1.29 is 9.47 Å². The van der Waals surface area contributed by atoms with E-state index < -0.39 is 5.41 Å². The lowest BCUT2D eigenvalue weighted by molar-refractivity contribution is -0.102. The first-order chi connectivity index (χ1) is 8.47. The molecule has 0 spiro atoms. The van der Waals surface area contributed by atoms with Gasteiger partial charge in [0, 0.05) is 5.02 Å². The van der Waals surface area contributed by atoms with Crippen molar-refractivity contribution in [3.8, 4) is 11.8 Å². The molecule has 0 atom stereocenters. The van der Waals surface area contributed by atoms with Gasteiger partial charge in [-0.15, -0.1) is 0 Å². The maximum atomic E-state index is 9.37. The topological polar surface area (TPSA) is 42.2 Å². The summed E-state index contributed by atoms with van der Waals surface area (Å²) < 4.78 is 10.5. The van der Waals surface area contributed by atoms with Crippen LogP contribution in [0, 0.1) is 16.7 Å². The molecular weight excluding hydrogens is 250 g/mol. The summed E-state index contributed by atoms with van der Waals surface area (Å²) in [5.41, 5.74) is 0.108. The fourth-order valence-corrected chi connectivity index (χ4v) is 2.63. The quantitative estimate of drug-likeness (QED) is 0.843. The third-order valence-corrected chi connectivity index (χ3v) is 4.18. The molecule has 1 aliphatic rings. The maximum Gasteiger partial charge on any atom is 0.120 e. The molecule has 0 aliphatic carbocycles. The van der Waals surface area contributed by atoms with Gasteiger partial charge in [0.15, 0.2) is 0 Å². The van der Waals surface area contributed by atoms with Gasteiger partial charge < -0.3 is 9.47 Å². The van der Waals surface area contributed by atoms with E-state index in [9.17, 15) is 5.26 Å². The molecule has 18 heavy (non-hydrogen) atoms. The zero-order chi connectivity index (χ0) is 13.4. The first-order valence-electron chi connectivity index (χ1n) is 5.80. The predicted octanol–water partition coefficient (Wildman–Crippen LogP) is 3.17. The molecule has 96 valence electrons. The van der Waals surface area contributed by atoms with Crippen molar-refractivity contribution in [2.75, 3.05) is 20.3 Å². The third-order valence-electron chi connectivity index (χ3n) is 3.86. The summed E-state index contributed by atoms with van der Waals surface area (Å²) in [5, 5.41) is 10.0. The summed E-state index contributed by atoms with van der Waals surface area (Å²) in [6, 6.07) is 7.95. The Morgan fingerprint density at radius 2 is 2.11 bits per heavy atom. The Labute approximate surface area is 112 Å². The highest BCUT2D eigenvalue weighted by Crippen LogP contribution is 2.49. The van der Waals surface area contributed by atoms with E-state index >= 15 is 0 Å². The van der Waals surface area contributed by atoms with Crippen molar-refractivity contribution in [3.63, 3.8) is 0 Å². The minimum atomic E-state index is -0.524. The molecule has 0 bridgehead atoms. The number of hydrogen-bond acceptors (Lipinski definition) is 3. The smallest absolute Gasteiger partial charge is 0.120 e. The summed E-state index contributed by atoms with van der Waals surface area (Å²) in [7, 11) is 1.60. The van der Waals surface area contributed by atoms with E-state index in [1.54, 1.807) is 13.2 Å². The third kappa shape index (κ3) is 1.77. The monoisotopic (exact) mass is 265 g/mol. The fraction of sp³-hybridized carbons (Fsp3) is 0.500. The Morgan fingerprint density at radius 1 is 1.44 bits per heavy atom. The van der Waals surface area contributed by atoms with Crippen LogP contribution < -0.4 is 4.74 Å². The van der Waals surface area contributed by atoms with Gasteiger partial charge in [0.05, 0.1) is 37.2 Å². The van der Waals surface area contributed by atoms with Gasteiger partial charge in [-0.05, 0) is 31.5 Å². The van der Waals surface area contributed by atoms with Crippen molar-refractivity contribution in [3.05, 3.63) is 28.8 Å². The predicted molar refractivity (Wildman–Crippen MR) is 69.9 cm³/mol. The van der Waals surface area contributed by atoms with Crippen LogP contribution in [0.3, 0.4) is 0 Å². The summed E-state index contributed by atoms with van der Waals surface area (Å²) >= 11 is 6.32. The molecule has 1 aromatic carbocycles. The lowest BCUT2D eigenvalue weighted by atomic mass is 9.61. The van der Waals surface area contributed by atoms with Crippen LogP contribution in [0.4, 0.5) is 0 Å². The number of halogens is 1. The average Bonchev–Trinajstić information content (AvgIpc) is 2.29. The van der Waals surface area contributed by atoms with Crippen LogP contribution in [0.2, 0.25) is 5.02 Å². The molecule has 0 aromatic heterocycles. The molecule has 4 heteroatoms. The minimum absolute atomic E-state index is 0.328. The lowest BCUT2D eigenvalue weighted by Crippen LogP contribution is -2.56. The largest absolute Gasteiger partial charge is 0.497 e. The van der Waals surface area contributed by atoms with Crippen molar-refractivity contribution in [2.24, 2.45) is 5.41 Å². The molecular formula is C14H16ClNO2. The number of ether oxygens (including phenoxy) is 2. The zero-order valence-corrected chi connectivity index (χ0v) is 11.5. The molecule has 1 aromatic rings. The van der Waals surface area contributed by atoms with Gasteiger partial charge in [-0.2, -0.15) is 5.26 Å². The van der Waals surface area contributed by atoms with Gasteiger partial charge in [0.25, 0.3) is 0 Å². The average molecular weight is 266 g/mol. The normalized spacial score (nSPS) is 17.7. The second kappa shape index (κ2) is 4.46. The standard InChI is InChI=1S/C14H16ClNO2/c1-13(2,7-16)14(8-18-9-14)11-5-4-10(17-3)6-12(11)15/h4-6H,8-9H2,1-3H3. The van der Waals surface area contributed by atoms with Crippen molar-refractivity contribution in [1.29, 1.82) is 5.26 Å². The summed E-state index contributed by atoms with van der Waals surface area (Å²) in [5.74, 6) is 0.717. The maximum absolute atomic E-state index is 9.37. The van der Waals surface area contributed by atoms with Crippen LogP contribution >= 0.6 is 11.6 Å². The molecule has 1 aliphatic heterocycles. The van der Waals surface area contributed by atoms with Crippen LogP contribution in [-0.2, 0) is 10.2 Å². The van der Waals surface area contributed by atoms with Gasteiger partial charge in [-0.25, -0.2) is 0 Å². The van der Waals surface area contributed by atoms with Crippen LogP contribution in [0.15, 0.2) is 18.2 Å². The zero-order valence-electron chi connectivity index (χ0n) is 10.8. The number of benzene rings is 1. The molecule has 0 saturated carbocycles. The molecule has 0 unspecified atom stereocenters. The Hall–Kier alpha value is -1.24. The van der Waals surface area contributed by atoms with E-state index in [1.165, 1.54) is 0 Å². The number of hydrogen-bond donors (Lipinski definition) is 0. The summed E-state index contributed by atoms with van der Waals surface area (Å²) in [4.78, 5) is 0. The van der Waals surface area contributed by atoms with E-state index in [4.69, 9.17) is 21.1 Å². The molecule has 2 rings (SSSR count). The number of methoxy groups -OCH3 is 1. The molecule has 1 heterocycles. The van der Waals surface area contributed by atoms with E-state index in [1.807, 2.05) is 26.0 Å². The van der Waals surface area contributed by atoms with Crippen LogP contribution in [0.25, 0.3) is 0 Å². The number of nitriles is 1.